The van der Waals surface area contributed by atoms with E-state index in [1.165, 1.54) is 0 Å². The van der Waals surface area contributed by atoms with Crippen LogP contribution in [0, 0.1) is 0 Å². The van der Waals surface area contributed by atoms with Crippen molar-refractivity contribution >= 4 is 27.0 Å². The number of hydrogen-bond acceptors (Lipinski definition) is 7. The van der Waals surface area contributed by atoms with E-state index in [0.29, 0.717) is 12.8 Å². The summed E-state index contributed by atoms with van der Waals surface area (Å²) in [4.78, 5) is 40.5. The minimum Gasteiger partial charge on any atom is -0.809 e. The van der Waals surface area contributed by atoms with E-state index >= 15 is 0 Å². The summed E-state index contributed by atoms with van der Waals surface area (Å²) in [5.74, 6) is 1.52. The first-order valence-corrected chi connectivity index (χ1v) is 11.0. The molecule has 0 spiro atoms. The first-order chi connectivity index (χ1) is 10.6. The second-order valence-electron chi connectivity index (χ2n) is 4.69. The van der Waals surface area contributed by atoms with Crippen LogP contribution in [0.2, 0.25) is 0 Å². The zero-order chi connectivity index (χ0) is 17.5. The van der Waals surface area contributed by atoms with E-state index in [1.807, 2.05) is 24.3 Å². The number of hydrogen-bond donors (Lipinski definition) is 3. The van der Waals surface area contributed by atoms with Crippen LogP contribution in [0.25, 0.3) is 0 Å². The molecular weight excluding hydrogens is 410 g/mol. The van der Waals surface area contributed by atoms with E-state index in [2.05, 4.69) is 5.32 Å². The molecule has 8 nitrogen and oxygen atoms in total. The number of nitrogens with one attached hydrogen (secondary N) is 1. The molecule has 0 aliphatic rings. The molecule has 0 bridgehead atoms. The summed E-state index contributed by atoms with van der Waals surface area (Å²) in [6, 6.07) is 7.51. The van der Waals surface area contributed by atoms with Crippen LogP contribution in [0.1, 0.15) is 12.8 Å². The van der Waals surface area contributed by atoms with Gasteiger partial charge in [0.25, 0.3) is 0 Å². The van der Waals surface area contributed by atoms with Crippen molar-refractivity contribution in [2.75, 3.05) is 19.4 Å². The van der Waals surface area contributed by atoms with Gasteiger partial charge in [0, 0.05) is 4.90 Å². The van der Waals surface area contributed by atoms with Crippen molar-refractivity contribution in [2.24, 2.45) is 0 Å². The normalized spacial score (nSPS) is 12.7. The van der Waals surface area contributed by atoms with Crippen LogP contribution in [-0.2, 0) is 9.13 Å². The van der Waals surface area contributed by atoms with Gasteiger partial charge < -0.3 is 28.9 Å². The van der Waals surface area contributed by atoms with E-state index in [-0.39, 0.29) is 65.7 Å². The molecule has 0 aliphatic carbocycles. The van der Waals surface area contributed by atoms with Crippen molar-refractivity contribution in [2.45, 2.75) is 23.3 Å². The Morgan fingerprint density at radius 3 is 2.16 bits per heavy atom. The summed E-state index contributed by atoms with van der Waals surface area (Å²) in [5.41, 5.74) is -2.36. The Bertz CT molecular complexity index is 559. The fourth-order valence-electron chi connectivity index (χ4n) is 1.74. The van der Waals surface area contributed by atoms with Crippen molar-refractivity contribution in [3.8, 4) is 5.75 Å². The number of benzene rings is 1. The molecule has 13 heteroatoms. The molecule has 0 saturated carbocycles. The Hall–Kier alpha value is 1.63. The van der Waals surface area contributed by atoms with Crippen LogP contribution in [0.15, 0.2) is 29.2 Å². The molecule has 0 amide bonds. The van der Waals surface area contributed by atoms with Crippen LogP contribution in [0.5, 0.6) is 5.75 Å². The molecule has 0 radical (unpaired) electrons. The first-order valence-electron chi connectivity index (χ1n) is 6.72. The molecule has 0 aromatic heterocycles. The maximum atomic E-state index is 11.0. The minimum absolute atomic E-state index is 0. The molecule has 0 aliphatic heterocycles. The first kappa shape index (κ1) is 28.8. The largest absolute Gasteiger partial charge is 1.00 e. The molecule has 25 heavy (non-hydrogen) atoms. The van der Waals surface area contributed by atoms with E-state index in [4.69, 9.17) is 14.5 Å². The van der Waals surface area contributed by atoms with Gasteiger partial charge in [0.2, 0.25) is 0 Å². The van der Waals surface area contributed by atoms with Gasteiger partial charge in [-0.2, -0.15) is 0 Å². The van der Waals surface area contributed by atoms with Gasteiger partial charge in [0.1, 0.15) is 11.3 Å². The summed E-state index contributed by atoms with van der Waals surface area (Å²) in [5, 5.41) is 2.14. The summed E-state index contributed by atoms with van der Waals surface area (Å²) < 4.78 is 26.9. The molecule has 3 N–H and O–H groups in total. The van der Waals surface area contributed by atoms with E-state index in [0.717, 1.165) is 16.4 Å². The van der Waals surface area contributed by atoms with Crippen LogP contribution in [0.3, 0.4) is 0 Å². The maximum Gasteiger partial charge on any atom is 1.00 e. The monoisotopic (exact) mass is 429 g/mol. The van der Waals surface area contributed by atoms with Gasteiger partial charge in [-0.3, -0.25) is 9.88 Å². The van der Waals surface area contributed by atoms with E-state index in [1.54, 1.807) is 18.9 Å². The summed E-state index contributed by atoms with van der Waals surface area (Å²) >= 11 is 1.59. The number of ether oxygens (including phenoxy) is 1. The fraction of sp³-hybridized carbons (Fsp3) is 0.500. The summed E-state index contributed by atoms with van der Waals surface area (Å²) in [6.07, 6.45) is 1.18. The van der Waals surface area contributed by atoms with Gasteiger partial charge in [-0.25, -0.2) is 0 Å². The predicted octanol–water partition coefficient (Wildman–Crippen LogP) is -5.46. The Balaban J connectivity index is 0. The second-order valence-corrected chi connectivity index (χ2v) is 9.55. The minimum atomic E-state index is -5.40. The molecule has 0 saturated heterocycles. The molecule has 1 atom stereocenters. The smallest absolute Gasteiger partial charge is 0.809 e. The third kappa shape index (κ3) is 11.9. The molecule has 1 rings (SSSR count). The van der Waals surface area contributed by atoms with Crippen LogP contribution in [0.4, 0.5) is 0 Å². The van der Waals surface area contributed by atoms with Gasteiger partial charge in [0.15, 0.2) is 0 Å². The molecule has 0 heterocycles. The SMILES string of the molecule is COc1ccc(SCCCCNC(P(=O)([O-])[O-])P(=O)(O)O)cc1.[Na+].[Na+]. The topological polar surface area (TPSA) is 142 Å². The van der Waals surface area contributed by atoms with Crippen molar-refractivity contribution in [1.82, 2.24) is 5.32 Å². The van der Waals surface area contributed by atoms with Crippen LogP contribution >= 0.6 is 27.0 Å². The van der Waals surface area contributed by atoms with Gasteiger partial charge in [-0.15, -0.1) is 11.8 Å². The van der Waals surface area contributed by atoms with E-state index in [9.17, 15) is 18.9 Å². The van der Waals surface area contributed by atoms with Gasteiger partial charge in [-0.1, -0.05) is 0 Å². The van der Waals surface area contributed by atoms with Crippen molar-refractivity contribution < 1.29 is 92.6 Å². The zero-order valence-corrected chi connectivity index (χ0v) is 21.1. The molecule has 1 aromatic carbocycles. The zero-order valence-electron chi connectivity index (χ0n) is 14.5. The Kier molecular flexibility index (Phi) is 15.9. The summed E-state index contributed by atoms with van der Waals surface area (Å²) in [6.45, 7) is 0.0351. The number of rotatable bonds is 10. The predicted molar refractivity (Wildman–Crippen MR) is 84.4 cm³/mol. The van der Waals surface area contributed by atoms with Gasteiger partial charge in [0.05, 0.1) is 7.11 Å². The van der Waals surface area contributed by atoms with Crippen molar-refractivity contribution in [3.63, 3.8) is 0 Å². The number of unbranched alkanes of at least 4 members (excludes halogenated alkanes) is 1. The second kappa shape index (κ2) is 13.7. The Labute approximate surface area is 195 Å². The Morgan fingerprint density at radius 1 is 1.16 bits per heavy atom. The van der Waals surface area contributed by atoms with Gasteiger partial charge >= 0.3 is 66.7 Å². The maximum absolute atomic E-state index is 11.0. The molecule has 1 aromatic rings. The standard InChI is InChI=1S/C12H21NO7P2S.2Na/c1-20-10-4-6-11(7-5-10)23-9-3-2-8-13-12(21(14,15)16)22(17,18)19;;/h4-7,12-13H,2-3,8-9H2,1H3,(H2,14,15,16)(H2,17,18,19);;/q;2*+1/p-2. The van der Waals surface area contributed by atoms with Gasteiger partial charge in [-0.05, 0) is 57.0 Å². The van der Waals surface area contributed by atoms with E-state index < -0.39 is 20.7 Å². The fourth-order valence-corrected chi connectivity index (χ4v) is 4.84. The van der Waals surface area contributed by atoms with Crippen molar-refractivity contribution in [3.05, 3.63) is 24.3 Å². The molecule has 0 fully saturated rings. The number of thioether (sulfide) groups is 1. The quantitative estimate of drug-likeness (QED) is 0.144. The average Bonchev–Trinajstić information content (AvgIpc) is 2.44. The molecule has 132 valence electrons. The third-order valence-corrected chi connectivity index (χ3v) is 7.30. The Morgan fingerprint density at radius 2 is 1.72 bits per heavy atom. The third-order valence-electron chi connectivity index (χ3n) is 2.84. The average molecular weight is 429 g/mol. The number of methoxy groups -OCH3 is 1. The van der Waals surface area contributed by atoms with Crippen molar-refractivity contribution in [1.29, 1.82) is 0 Å². The summed E-state index contributed by atoms with van der Waals surface area (Å²) in [7, 11) is -8.84. The van der Waals surface area contributed by atoms with Crippen LogP contribution in [-0.4, -0.2) is 34.7 Å². The molecule has 1 unspecified atom stereocenters. The van der Waals surface area contributed by atoms with Crippen LogP contribution < -0.4 is 79.0 Å². The molecular formula is C12H19NNa2O7P2S.